The van der Waals surface area contributed by atoms with Crippen LogP contribution in [0.2, 0.25) is 0 Å². The van der Waals surface area contributed by atoms with Crippen molar-refractivity contribution in [1.82, 2.24) is 0 Å². The highest BCUT2D eigenvalue weighted by atomic mass is 19.4. The molecular weight excluding hydrogens is 289 g/mol. The number of hydrogen-bond donors (Lipinski definition) is 1. The molecule has 1 aromatic carbocycles. The van der Waals surface area contributed by atoms with Crippen LogP contribution in [0.4, 0.5) is 18.9 Å². The Bertz CT molecular complexity index is 575. The fraction of sp³-hybridized carbons (Fsp3) is 0.385. The summed E-state index contributed by atoms with van der Waals surface area (Å²) >= 11 is 0. The highest BCUT2D eigenvalue weighted by Gasteiger charge is 2.32. The fourth-order valence-corrected chi connectivity index (χ4v) is 1.92. The minimum Gasteiger partial charge on any atom is -0.404 e. The number of alkyl halides is 3. The van der Waals surface area contributed by atoms with Gasteiger partial charge in [0.15, 0.2) is 0 Å². The molecule has 0 aliphatic carbocycles. The molecule has 1 saturated heterocycles. The number of nitriles is 1. The van der Waals surface area contributed by atoms with Crippen LogP contribution >= 0.6 is 0 Å². The van der Waals surface area contributed by atoms with Crippen molar-refractivity contribution in [3.8, 4) is 11.8 Å². The summed E-state index contributed by atoms with van der Waals surface area (Å²) in [4.78, 5) is 11.8. The second-order valence-electron chi connectivity index (χ2n) is 4.36. The van der Waals surface area contributed by atoms with E-state index in [1.54, 1.807) is 6.07 Å². The lowest BCUT2D eigenvalue weighted by Crippen LogP contribution is -2.26. The van der Waals surface area contributed by atoms with Gasteiger partial charge in [0.1, 0.15) is 17.9 Å². The van der Waals surface area contributed by atoms with Crippen LogP contribution in [0.1, 0.15) is 18.4 Å². The second kappa shape index (κ2) is 6.01. The van der Waals surface area contributed by atoms with Gasteiger partial charge >= 0.3 is 6.36 Å². The average Bonchev–Trinajstić information content (AvgIpc) is 2.93. The lowest BCUT2D eigenvalue weighted by molar-refractivity contribution is -0.274. The van der Waals surface area contributed by atoms with Crippen molar-refractivity contribution in [3.05, 3.63) is 23.8 Å². The molecule has 112 valence electrons. The average molecular weight is 300 g/mol. The van der Waals surface area contributed by atoms with Crippen LogP contribution in [0.5, 0.6) is 5.75 Å². The van der Waals surface area contributed by atoms with Gasteiger partial charge in [-0.05, 0) is 31.0 Å². The predicted octanol–water partition coefficient (Wildman–Crippen LogP) is 2.57. The summed E-state index contributed by atoms with van der Waals surface area (Å²) in [6, 6.07) is 4.93. The number of rotatable bonds is 3. The van der Waals surface area contributed by atoms with Gasteiger partial charge in [-0.25, -0.2) is 0 Å². The molecule has 1 aliphatic heterocycles. The quantitative estimate of drug-likeness (QED) is 0.931. The van der Waals surface area contributed by atoms with Crippen LogP contribution in [-0.4, -0.2) is 25.0 Å². The van der Waals surface area contributed by atoms with Crippen LogP contribution < -0.4 is 10.1 Å². The molecule has 1 atom stereocenters. The molecule has 0 saturated carbocycles. The molecule has 1 N–H and O–H groups in total. The normalized spacial score (nSPS) is 18.1. The molecule has 0 unspecified atom stereocenters. The van der Waals surface area contributed by atoms with Crippen molar-refractivity contribution in [3.63, 3.8) is 0 Å². The van der Waals surface area contributed by atoms with E-state index >= 15 is 0 Å². The van der Waals surface area contributed by atoms with Crippen molar-refractivity contribution in [2.24, 2.45) is 0 Å². The maximum Gasteiger partial charge on any atom is 0.573 e. The molecule has 1 aliphatic rings. The van der Waals surface area contributed by atoms with Gasteiger partial charge < -0.3 is 14.8 Å². The number of nitrogens with zero attached hydrogens (tertiary/aromatic N) is 1. The van der Waals surface area contributed by atoms with Crippen LogP contribution in [0.25, 0.3) is 0 Å². The monoisotopic (exact) mass is 300 g/mol. The van der Waals surface area contributed by atoms with E-state index < -0.39 is 18.2 Å². The number of halogens is 3. The van der Waals surface area contributed by atoms with Gasteiger partial charge in [-0.2, -0.15) is 5.26 Å². The molecule has 1 amide bonds. The van der Waals surface area contributed by atoms with Crippen molar-refractivity contribution >= 4 is 11.6 Å². The summed E-state index contributed by atoms with van der Waals surface area (Å²) in [5, 5.41) is 11.3. The minimum absolute atomic E-state index is 0.210. The van der Waals surface area contributed by atoms with E-state index in [0.717, 1.165) is 18.6 Å². The molecule has 5 nitrogen and oxygen atoms in total. The Hall–Kier alpha value is -2.27. The number of carbonyl (C=O) groups is 1. The number of carbonyl (C=O) groups excluding carboxylic acids is 1. The molecule has 0 spiro atoms. The maximum atomic E-state index is 12.2. The third-order valence-electron chi connectivity index (χ3n) is 2.82. The molecular formula is C13H11F3N2O3. The first kappa shape index (κ1) is 15.1. The van der Waals surface area contributed by atoms with Crippen LogP contribution in [0.3, 0.4) is 0 Å². The van der Waals surface area contributed by atoms with E-state index in [-0.39, 0.29) is 17.2 Å². The Morgan fingerprint density at radius 3 is 2.81 bits per heavy atom. The number of benzene rings is 1. The van der Waals surface area contributed by atoms with Gasteiger partial charge in [0.25, 0.3) is 5.91 Å². The van der Waals surface area contributed by atoms with Crippen LogP contribution in [0.15, 0.2) is 18.2 Å². The van der Waals surface area contributed by atoms with Crippen molar-refractivity contribution in [2.45, 2.75) is 25.3 Å². The molecule has 21 heavy (non-hydrogen) atoms. The Kier molecular flexibility index (Phi) is 4.33. The molecule has 2 rings (SSSR count). The fourth-order valence-electron chi connectivity index (χ4n) is 1.92. The highest BCUT2D eigenvalue weighted by molar-refractivity contribution is 5.94. The summed E-state index contributed by atoms with van der Waals surface area (Å²) in [6.45, 7) is 0.500. The third-order valence-corrected chi connectivity index (χ3v) is 2.82. The molecule has 1 aromatic rings. The molecule has 0 bridgehead atoms. The maximum absolute atomic E-state index is 12.2. The number of hydrogen-bond acceptors (Lipinski definition) is 4. The zero-order chi connectivity index (χ0) is 15.5. The summed E-state index contributed by atoms with van der Waals surface area (Å²) in [5.74, 6) is -0.999. The Morgan fingerprint density at radius 1 is 1.48 bits per heavy atom. The first-order chi connectivity index (χ1) is 9.89. The molecule has 0 radical (unpaired) electrons. The summed E-state index contributed by atoms with van der Waals surface area (Å²) in [7, 11) is 0. The lowest BCUT2D eigenvalue weighted by Gasteiger charge is -2.13. The zero-order valence-electron chi connectivity index (χ0n) is 10.7. The standard InChI is InChI=1S/C13H11F3N2O3/c14-13(15,16)21-10-4-3-9(6-8(10)7-17)18-12(19)11-2-1-5-20-11/h3-4,6,11H,1-2,5H2,(H,18,19)/t11-/m0/s1. The summed E-state index contributed by atoms with van der Waals surface area (Å²) in [6.07, 6.45) is -4.08. The number of anilines is 1. The van der Waals surface area contributed by atoms with Crippen molar-refractivity contribution in [2.75, 3.05) is 11.9 Å². The number of ether oxygens (including phenoxy) is 2. The van der Waals surface area contributed by atoms with Crippen LogP contribution in [0, 0.1) is 11.3 Å². The van der Waals surface area contributed by atoms with E-state index in [1.807, 2.05) is 0 Å². The van der Waals surface area contributed by atoms with Crippen molar-refractivity contribution < 1.29 is 27.4 Å². The Balaban J connectivity index is 2.11. The molecule has 0 aromatic heterocycles. The van der Waals surface area contributed by atoms with Crippen molar-refractivity contribution in [1.29, 1.82) is 5.26 Å². The largest absolute Gasteiger partial charge is 0.573 e. The lowest BCUT2D eigenvalue weighted by atomic mass is 10.1. The van der Waals surface area contributed by atoms with Gasteiger partial charge in [0.2, 0.25) is 0 Å². The topological polar surface area (TPSA) is 71.4 Å². The third kappa shape index (κ3) is 4.10. The number of amides is 1. The Labute approximate surface area is 118 Å². The minimum atomic E-state index is -4.88. The highest BCUT2D eigenvalue weighted by Crippen LogP contribution is 2.28. The van der Waals surface area contributed by atoms with Crippen LogP contribution in [-0.2, 0) is 9.53 Å². The van der Waals surface area contributed by atoms with Gasteiger partial charge in [0.05, 0.1) is 5.56 Å². The summed E-state index contributed by atoms with van der Waals surface area (Å²) < 4.78 is 45.4. The van der Waals surface area contributed by atoms with E-state index in [2.05, 4.69) is 10.1 Å². The first-order valence-electron chi connectivity index (χ1n) is 6.11. The number of nitrogens with one attached hydrogen (secondary N) is 1. The SMILES string of the molecule is N#Cc1cc(NC(=O)[C@@H]2CCCO2)ccc1OC(F)(F)F. The molecule has 8 heteroatoms. The van der Waals surface area contributed by atoms with E-state index in [1.165, 1.54) is 6.07 Å². The molecule has 1 heterocycles. The van der Waals surface area contributed by atoms with E-state index in [0.29, 0.717) is 13.0 Å². The van der Waals surface area contributed by atoms with Gasteiger partial charge in [0, 0.05) is 12.3 Å². The van der Waals surface area contributed by atoms with E-state index in [9.17, 15) is 18.0 Å². The first-order valence-corrected chi connectivity index (χ1v) is 6.11. The summed E-state index contributed by atoms with van der Waals surface area (Å²) in [5.41, 5.74) is -0.112. The smallest absolute Gasteiger partial charge is 0.404 e. The zero-order valence-corrected chi connectivity index (χ0v) is 10.7. The predicted molar refractivity (Wildman–Crippen MR) is 65.4 cm³/mol. The Morgan fingerprint density at radius 2 is 2.24 bits per heavy atom. The van der Waals surface area contributed by atoms with Gasteiger partial charge in [-0.3, -0.25) is 4.79 Å². The van der Waals surface area contributed by atoms with E-state index in [4.69, 9.17) is 10.00 Å². The van der Waals surface area contributed by atoms with Gasteiger partial charge in [-0.1, -0.05) is 0 Å². The molecule has 1 fully saturated rings. The van der Waals surface area contributed by atoms with Gasteiger partial charge in [-0.15, -0.1) is 13.2 Å². The second-order valence-corrected chi connectivity index (χ2v) is 4.36.